The molecule has 0 aromatic heterocycles. The number of halogens is 1. The van der Waals surface area contributed by atoms with Gasteiger partial charge in [0.2, 0.25) is 0 Å². The largest absolute Gasteiger partial charge is 0.478 e. The van der Waals surface area contributed by atoms with Crippen molar-refractivity contribution in [3.05, 3.63) is 58.9 Å². The molecule has 100 valence electrons. The first kappa shape index (κ1) is 12.7. The average Bonchev–Trinajstić information content (AvgIpc) is 2.56. The van der Waals surface area contributed by atoms with Gasteiger partial charge in [-0.15, -0.1) is 0 Å². The summed E-state index contributed by atoms with van der Waals surface area (Å²) in [5.41, 5.74) is 0.742. The predicted octanol–water partition coefficient (Wildman–Crippen LogP) is 3.17. The van der Waals surface area contributed by atoms with E-state index >= 15 is 0 Å². The van der Waals surface area contributed by atoms with Crippen LogP contribution in [-0.4, -0.2) is 15.3 Å². The van der Waals surface area contributed by atoms with Gasteiger partial charge >= 0.3 is 5.97 Å². The molecule has 2 aromatic rings. The van der Waals surface area contributed by atoms with E-state index in [0.29, 0.717) is 15.4 Å². The number of aromatic carboxylic acids is 1. The molecule has 0 bridgehead atoms. The van der Waals surface area contributed by atoms with Crippen molar-refractivity contribution in [1.29, 1.82) is 0 Å². The number of benzene rings is 2. The van der Waals surface area contributed by atoms with Crippen LogP contribution < -0.4 is 0 Å². The van der Waals surface area contributed by atoms with E-state index in [4.69, 9.17) is 5.11 Å². The molecule has 20 heavy (non-hydrogen) atoms. The van der Waals surface area contributed by atoms with Crippen LogP contribution in [0.2, 0.25) is 0 Å². The monoisotopic (exact) mass is 288 g/mol. The molecular formula is C15H9FO3S. The van der Waals surface area contributed by atoms with E-state index in [1.807, 2.05) is 12.1 Å². The molecule has 1 N–H and O–H groups in total. The highest BCUT2D eigenvalue weighted by molar-refractivity contribution is 7.85. The number of hydrogen-bond donors (Lipinski definition) is 1. The van der Waals surface area contributed by atoms with Crippen molar-refractivity contribution >= 4 is 28.9 Å². The topological polar surface area (TPSA) is 54.4 Å². The first-order chi connectivity index (χ1) is 9.58. The summed E-state index contributed by atoms with van der Waals surface area (Å²) in [6.07, 6.45) is 3.40. The van der Waals surface area contributed by atoms with E-state index in [2.05, 4.69) is 0 Å². The van der Waals surface area contributed by atoms with E-state index in [1.165, 1.54) is 0 Å². The second-order valence-electron chi connectivity index (χ2n) is 4.31. The molecular weight excluding hydrogens is 279 g/mol. The van der Waals surface area contributed by atoms with Gasteiger partial charge in [0.05, 0.1) is 26.2 Å². The molecule has 2 aromatic carbocycles. The zero-order valence-corrected chi connectivity index (χ0v) is 11.0. The Kier molecular flexibility index (Phi) is 2.99. The molecule has 1 heterocycles. The lowest BCUT2D eigenvalue weighted by atomic mass is 10.1. The maximum atomic E-state index is 13.7. The smallest absolute Gasteiger partial charge is 0.338 e. The molecule has 0 radical (unpaired) electrons. The lowest BCUT2D eigenvalue weighted by Gasteiger charge is -2.08. The second-order valence-corrected chi connectivity index (χ2v) is 5.73. The highest BCUT2D eigenvalue weighted by Gasteiger charge is 2.21. The molecule has 1 atom stereocenters. The summed E-state index contributed by atoms with van der Waals surface area (Å²) in [6.45, 7) is 0. The van der Waals surface area contributed by atoms with Crippen LogP contribution >= 0.6 is 0 Å². The highest BCUT2D eigenvalue weighted by atomic mass is 32.2. The number of fused-ring (bicyclic) bond motifs is 2. The van der Waals surface area contributed by atoms with Gasteiger partial charge in [-0.3, -0.25) is 0 Å². The number of carboxylic acids is 1. The van der Waals surface area contributed by atoms with Crippen LogP contribution in [0.15, 0.2) is 46.2 Å². The van der Waals surface area contributed by atoms with E-state index < -0.39 is 28.1 Å². The van der Waals surface area contributed by atoms with Gasteiger partial charge in [-0.25, -0.2) is 13.4 Å². The van der Waals surface area contributed by atoms with Gasteiger partial charge in [0.25, 0.3) is 0 Å². The van der Waals surface area contributed by atoms with Crippen molar-refractivity contribution in [1.82, 2.24) is 0 Å². The highest BCUT2D eigenvalue weighted by Crippen LogP contribution is 2.30. The Balaban J connectivity index is 2.28. The van der Waals surface area contributed by atoms with Crippen molar-refractivity contribution < 1.29 is 18.5 Å². The standard InChI is InChI=1S/C15H9FO3S/c16-12-7-10-6-5-9-3-1-2-4-13(9)20(19)14(10)8-11(12)15(17)18/h1-8H,(H,17,18). The molecule has 0 saturated carbocycles. The van der Waals surface area contributed by atoms with Gasteiger partial charge in [-0.1, -0.05) is 30.4 Å². The molecule has 0 fully saturated rings. The molecule has 0 amide bonds. The minimum Gasteiger partial charge on any atom is -0.478 e. The predicted molar refractivity (Wildman–Crippen MR) is 73.4 cm³/mol. The third-order valence-corrected chi connectivity index (χ3v) is 4.62. The average molecular weight is 288 g/mol. The van der Waals surface area contributed by atoms with Crippen LogP contribution in [-0.2, 0) is 10.8 Å². The van der Waals surface area contributed by atoms with E-state index in [-0.39, 0.29) is 0 Å². The minimum absolute atomic E-state index is 0.310. The first-order valence-corrected chi connectivity index (χ1v) is 6.98. The Morgan fingerprint density at radius 3 is 2.50 bits per heavy atom. The Labute approximate surface area is 116 Å². The fourth-order valence-corrected chi connectivity index (χ4v) is 3.46. The lowest BCUT2D eigenvalue weighted by molar-refractivity contribution is 0.0691. The molecule has 3 rings (SSSR count). The summed E-state index contributed by atoms with van der Waals surface area (Å²) in [7, 11) is -1.54. The maximum absolute atomic E-state index is 13.7. The summed E-state index contributed by atoms with van der Waals surface area (Å²) in [5.74, 6) is -2.20. The van der Waals surface area contributed by atoms with Gasteiger partial charge in [-0.2, -0.15) is 0 Å². The zero-order chi connectivity index (χ0) is 14.3. The van der Waals surface area contributed by atoms with Gasteiger partial charge in [-0.05, 0) is 29.3 Å². The van der Waals surface area contributed by atoms with Crippen molar-refractivity contribution in [3.63, 3.8) is 0 Å². The SMILES string of the molecule is O=C(O)c1cc2c(cc1F)C=Cc1ccccc1S2=O. The second kappa shape index (κ2) is 4.68. The summed E-state index contributed by atoms with van der Waals surface area (Å²) >= 11 is 0. The molecule has 3 nitrogen and oxygen atoms in total. The molecule has 1 aliphatic heterocycles. The number of carboxylic acid groups (broad SMARTS) is 1. The fraction of sp³-hybridized carbons (Fsp3) is 0. The Bertz CT molecular complexity index is 781. The van der Waals surface area contributed by atoms with E-state index in [9.17, 15) is 13.4 Å². The van der Waals surface area contributed by atoms with E-state index in [0.717, 1.165) is 17.7 Å². The third-order valence-electron chi connectivity index (χ3n) is 3.09. The summed E-state index contributed by atoms with van der Waals surface area (Å²) in [4.78, 5) is 11.9. The van der Waals surface area contributed by atoms with Crippen LogP contribution in [0.3, 0.4) is 0 Å². The summed E-state index contributed by atoms with van der Waals surface area (Å²) in [5, 5.41) is 8.96. The summed E-state index contributed by atoms with van der Waals surface area (Å²) in [6, 6.07) is 9.37. The molecule has 5 heteroatoms. The molecule has 1 aliphatic rings. The molecule has 1 unspecified atom stereocenters. The minimum atomic E-state index is -1.54. The first-order valence-electron chi connectivity index (χ1n) is 5.83. The molecule has 0 spiro atoms. The van der Waals surface area contributed by atoms with Crippen molar-refractivity contribution in [2.45, 2.75) is 9.79 Å². The normalized spacial score (nSPS) is 16.1. The van der Waals surface area contributed by atoms with Crippen molar-refractivity contribution in [2.24, 2.45) is 0 Å². The quantitative estimate of drug-likeness (QED) is 0.748. The van der Waals surface area contributed by atoms with Crippen LogP contribution in [0, 0.1) is 5.82 Å². The van der Waals surface area contributed by atoms with E-state index in [1.54, 1.807) is 24.3 Å². The lowest BCUT2D eigenvalue weighted by Crippen LogP contribution is -2.05. The Morgan fingerprint density at radius 2 is 1.75 bits per heavy atom. The molecule has 0 aliphatic carbocycles. The van der Waals surface area contributed by atoms with Crippen LogP contribution in [0.1, 0.15) is 21.5 Å². The van der Waals surface area contributed by atoms with Gasteiger partial charge in [0.1, 0.15) is 5.82 Å². The number of rotatable bonds is 1. The molecule has 0 saturated heterocycles. The van der Waals surface area contributed by atoms with Gasteiger partial charge in [0.15, 0.2) is 0 Å². The van der Waals surface area contributed by atoms with Gasteiger partial charge < -0.3 is 5.11 Å². The van der Waals surface area contributed by atoms with Crippen LogP contribution in [0.25, 0.3) is 12.2 Å². The zero-order valence-electron chi connectivity index (χ0n) is 10.2. The van der Waals surface area contributed by atoms with Gasteiger partial charge in [0, 0.05) is 0 Å². The maximum Gasteiger partial charge on any atom is 0.338 e. The Morgan fingerprint density at radius 1 is 1.05 bits per heavy atom. The third kappa shape index (κ3) is 1.96. The number of hydrogen-bond acceptors (Lipinski definition) is 2. The number of carbonyl (C=O) groups is 1. The van der Waals surface area contributed by atoms with Crippen LogP contribution in [0.4, 0.5) is 4.39 Å². The van der Waals surface area contributed by atoms with Crippen LogP contribution in [0.5, 0.6) is 0 Å². The van der Waals surface area contributed by atoms with Crippen molar-refractivity contribution in [3.8, 4) is 0 Å². The summed E-state index contributed by atoms with van der Waals surface area (Å²) < 4.78 is 26.3. The van der Waals surface area contributed by atoms with Crippen molar-refractivity contribution in [2.75, 3.05) is 0 Å². The fourth-order valence-electron chi connectivity index (χ4n) is 2.11. The Hall–Kier alpha value is -2.27.